The summed E-state index contributed by atoms with van der Waals surface area (Å²) in [6.07, 6.45) is -3.27. The summed E-state index contributed by atoms with van der Waals surface area (Å²) in [6.45, 7) is 4.23. The number of ether oxygens (including phenoxy) is 2. The third kappa shape index (κ3) is 8.37. The molecule has 1 unspecified atom stereocenters. The van der Waals surface area contributed by atoms with E-state index in [4.69, 9.17) is 9.47 Å². The molecule has 1 atom stereocenters. The summed E-state index contributed by atoms with van der Waals surface area (Å²) >= 11 is 0. The van der Waals surface area contributed by atoms with Crippen LogP contribution in [0.4, 0.5) is 13.2 Å². The Hall–Kier alpha value is -0.820. The molecule has 0 saturated carbocycles. The molecule has 0 radical (unpaired) electrons. The van der Waals surface area contributed by atoms with Crippen molar-refractivity contribution in [1.29, 1.82) is 0 Å². The van der Waals surface area contributed by atoms with E-state index in [1.807, 2.05) is 6.92 Å². The van der Waals surface area contributed by atoms with Gasteiger partial charge in [0.1, 0.15) is 5.54 Å². The van der Waals surface area contributed by atoms with Crippen molar-refractivity contribution in [2.24, 2.45) is 0 Å². The second-order valence-corrected chi connectivity index (χ2v) is 4.79. The van der Waals surface area contributed by atoms with Crippen molar-refractivity contribution in [1.82, 2.24) is 5.32 Å². The number of unbranched alkanes of at least 4 members (excludes halogenated alkanes) is 1. The minimum Gasteiger partial charge on any atom is -0.468 e. The first-order valence-corrected chi connectivity index (χ1v) is 6.73. The maximum absolute atomic E-state index is 11.9. The highest BCUT2D eigenvalue weighted by Gasteiger charge is 2.32. The van der Waals surface area contributed by atoms with Crippen LogP contribution in [0, 0.1) is 0 Å². The molecule has 0 aromatic heterocycles. The van der Waals surface area contributed by atoms with Gasteiger partial charge in [-0.25, -0.2) is 0 Å². The molecule has 0 rings (SSSR count). The third-order valence-corrected chi connectivity index (χ3v) is 2.95. The summed E-state index contributed by atoms with van der Waals surface area (Å²) in [6, 6.07) is 0. The van der Waals surface area contributed by atoms with Gasteiger partial charge >= 0.3 is 12.1 Å². The molecule has 0 fully saturated rings. The minimum atomic E-state index is -4.17. The van der Waals surface area contributed by atoms with Gasteiger partial charge in [-0.15, -0.1) is 0 Å². The van der Waals surface area contributed by atoms with Gasteiger partial charge in [0.05, 0.1) is 20.1 Å². The molecule has 0 heterocycles. The van der Waals surface area contributed by atoms with Gasteiger partial charge in [-0.3, -0.25) is 4.79 Å². The van der Waals surface area contributed by atoms with E-state index in [2.05, 4.69) is 5.32 Å². The third-order valence-electron chi connectivity index (χ3n) is 2.95. The Bertz CT molecular complexity index is 285. The molecule has 1 N–H and O–H groups in total. The smallest absolute Gasteiger partial charge is 0.391 e. The van der Waals surface area contributed by atoms with Crippen LogP contribution >= 0.6 is 0 Å². The first-order valence-electron chi connectivity index (χ1n) is 6.73. The van der Waals surface area contributed by atoms with Crippen molar-refractivity contribution in [3.8, 4) is 0 Å². The summed E-state index contributed by atoms with van der Waals surface area (Å²) < 4.78 is 45.2. The van der Waals surface area contributed by atoms with E-state index in [0.29, 0.717) is 25.8 Å². The van der Waals surface area contributed by atoms with Crippen molar-refractivity contribution >= 4 is 5.97 Å². The zero-order valence-corrected chi connectivity index (χ0v) is 12.3. The second kappa shape index (κ2) is 9.18. The van der Waals surface area contributed by atoms with Crippen LogP contribution in [0.2, 0.25) is 0 Å². The lowest BCUT2D eigenvalue weighted by molar-refractivity contribution is -0.149. The molecule has 0 aliphatic rings. The molecule has 0 bridgehead atoms. The molecule has 120 valence electrons. The largest absolute Gasteiger partial charge is 0.468 e. The summed E-state index contributed by atoms with van der Waals surface area (Å²) in [5.74, 6) is -0.336. The molecule has 0 aliphatic carbocycles. The highest BCUT2D eigenvalue weighted by molar-refractivity contribution is 5.80. The number of likely N-dealkylation sites (N-methyl/N-ethyl adjacent to an activating group) is 1. The lowest BCUT2D eigenvalue weighted by atomic mass is 9.95. The second-order valence-electron chi connectivity index (χ2n) is 4.79. The molecular formula is C13H24F3NO3. The Morgan fingerprint density at radius 2 is 1.80 bits per heavy atom. The molecule has 7 heteroatoms. The number of rotatable bonds is 10. The van der Waals surface area contributed by atoms with Crippen LogP contribution in [-0.4, -0.2) is 44.6 Å². The minimum absolute atomic E-state index is 0.263. The van der Waals surface area contributed by atoms with Crippen LogP contribution in [0.5, 0.6) is 0 Å². The van der Waals surface area contributed by atoms with Crippen molar-refractivity contribution < 1.29 is 27.4 Å². The summed E-state index contributed by atoms with van der Waals surface area (Å²) in [7, 11) is 1.33. The zero-order chi connectivity index (χ0) is 15.6. The van der Waals surface area contributed by atoms with E-state index in [9.17, 15) is 18.0 Å². The van der Waals surface area contributed by atoms with Gasteiger partial charge in [-0.05, 0) is 32.7 Å². The number of hydrogen-bond acceptors (Lipinski definition) is 4. The molecular weight excluding hydrogens is 275 g/mol. The van der Waals surface area contributed by atoms with Crippen molar-refractivity contribution in [3.63, 3.8) is 0 Å². The first-order chi connectivity index (χ1) is 9.25. The standard InChI is InChI=1S/C13H24F3NO3/c1-4-17-12(2,11(18)19-3)7-5-6-9-20-10-8-13(14,15)16/h17H,4-10H2,1-3H3. The Morgan fingerprint density at radius 3 is 2.30 bits per heavy atom. The molecule has 0 saturated heterocycles. The quantitative estimate of drug-likeness (QED) is 0.498. The maximum Gasteiger partial charge on any atom is 0.391 e. The zero-order valence-electron chi connectivity index (χ0n) is 12.3. The lowest BCUT2D eigenvalue weighted by Crippen LogP contribution is -2.50. The van der Waals surface area contributed by atoms with E-state index in [-0.39, 0.29) is 19.2 Å². The first kappa shape index (κ1) is 19.2. The number of carbonyl (C=O) groups excluding carboxylic acids is 1. The van der Waals surface area contributed by atoms with Gasteiger partial charge in [0.25, 0.3) is 0 Å². The van der Waals surface area contributed by atoms with Gasteiger partial charge in [-0.1, -0.05) is 6.92 Å². The van der Waals surface area contributed by atoms with Crippen molar-refractivity contribution in [2.45, 2.75) is 51.2 Å². The summed E-state index contributed by atoms with van der Waals surface area (Å²) in [5.41, 5.74) is -0.754. The normalized spacial score (nSPS) is 14.9. The van der Waals surface area contributed by atoms with Crippen LogP contribution < -0.4 is 5.32 Å². The fourth-order valence-corrected chi connectivity index (χ4v) is 1.85. The van der Waals surface area contributed by atoms with Crippen LogP contribution in [0.3, 0.4) is 0 Å². The molecule has 4 nitrogen and oxygen atoms in total. The predicted molar refractivity (Wildman–Crippen MR) is 69.4 cm³/mol. The monoisotopic (exact) mass is 299 g/mol. The van der Waals surface area contributed by atoms with E-state index >= 15 is 0 Å². The van der Waals surface area contributed by atoms with Gasteiger partial charge in [0.2, 0.25) is 0 Å². The number of methoxy groups -OCH3 is 1. The SMILES string of the molecule is CCNC(C)(CCCCOCCC(F)(F)F)C(=O)OC. The number of halogens is 3. The lowest BCUT2D eigenvalue weighted by Gasteiger charge is -2.27. The maximum atomic E-state index is 11.9. The number of nitrogens with one attached hydrogen (secondary N) is 1. The Morgan fingerprint density at radius 1 is 1.15 bits per heavy atom. The predicted octanol–water partition coefficient (Wildman–Crippen LogP) is 2.67. The average molecular weight is 299 g/mol. The van der Waals surface area contributed by atoms with Gasteiger partial charge in [0.15, 0.2) is 0 Å². The highest BCUT2D eigenvalue weighted by Crippen LogP contribution is 2.19. The van der Waals surface area contributed by atoms with Crippen LogP contribution in [-0.2, 0) is 14.3 Å². The molecule has 0 aromatic carbocycles. The Labute approximate surface area is 118 Å². The Kier molecular flexibility index (Phi) is 8.80. The van der Waals surface area contributed by atoms with Crippen LogP contribution in [0.15, 0.2) is 0 Å². The average Bonchev–Trinajstić information content (AvgIpc) is 2.35. The van der Waals surface area contributed by atoms with Crippen molar-refractivity contribution in [3.05, 3.63) is 0 Å². The van der Waals surface area contributed by atoms with Crippen LogP contribution in [0.1, 0.15) is 39.5 Å². The van der Waals surface area contributed by atoms with E-state index in [0.717, 1.165) is 0 Å². The van der Waals surface area contributed by atoms with E-state index < -0.39 is 18.1 Å². The molecule has 20 heavy (non-hydrogen) atoms. The topological polar surface area (TPSA) is 47.6 Å². The van der Waals surface area contributed by atoms with Crippen LogP contribution in [0.25, 0.3) is 0 Å². The van der Waals surface area contributed by atoms with Gasteiger partial charge < -0.3 is 14.8 Å². The molecule has 0 aromatic rings. The number of esters is 1. The van der Waals surface area contributed by atoms with Crippen molar-refractivity contribution in [2.75, 3.05) is 26.9 Å². The molecule has 0 aliphatic heterocycles. The molecule has 0 spiro atoms. The fraction of sp³-hybridized carbons (Fsp3) is 0.923. The van der Waals surface area contributed by atoms with Gasteiger partial charge in [-0.2, -0.15) is 13.2 Å². The van der Waals surface area contributed by atoms with E-state index in [1.165, 1.54) is 7.11 Å². The Balaban J connectivity index is 3.83. The number of alkyl halides is 3. The summed E-state index contributed by atoms with van der Waals surface area (Å²) in [4.78, 5) is 11.7. The number of carbonyl (C=O) groups is 1. The van der Waals surface area contributed by atoms with Gasteiger partial charge in [0, 0.05) is 6.61 Å². The van der Waals surface area contributed by atoms with E-state index in [1.54, 1.807) is 6.92 Å². The number of hydrogen-bond donors (Lipinski definition) is 1. The fourth-order valence-electron chi connectivity index (χ4n) is 1.85. The summed E-state index contributed by atoms with van der Waals surface area (Å²) in [5, 5.41) is 3.07. The molecule has 0 amide bonds. The highest BCUT2D eigenvalue weighted by atomic mass is 19.4.